The first kappa shape index (κ1) is 19.8. The lowest BCUT2D eigenvalue weighted by molar-refractivity contribution is -0.182. The number of rotatable bonds is 2. The van der Waals surface area contributed by atoms with Gasteiger partial charge < -0.3 is 11.1 Å². The molecular formula is C17H28ClF3N2O. The van der Waals surface area contributed by atoms with E-state index in [1.807, 2.05) is 0 Å². The topological polar surface area (TPSA) is 55.1 Å². The fourth-order valence-electron chi connectivity index (χ4n) is 4.89. The van der Waals surface area contributed by atoms with Gasteiger partial charge in [0.25, 0.3) is 0 Å². The van der Waals surface area contributed by atoms with Crippen molar-refractivity contribution in [3.8, 4) is 0 Å². The van der Waals surface area contributed by atoms with Gasteiger partial charge in [0.1, 0.15) is 0 Å². The number of carbonyl (C=O) groups excluding carboxylic acids is 1. The van der Waals surface area contributed by atoms with Gasteiger partial charge in [-0.2, -0.15) is 13.2 Å². The molecule has 0 aromatic carbocycles. The van der Waals surface area contributed by atoms with Crippen LogP contribution in [0.3, 0.4) is 0 Å². The zero-order chi connectivity index (χ0) is 16.6. The Hall–Kier alpha value is -0.490. The summed E-state index contributed by atoms with van der Waals surface area (Å²) in [6.45, 7) is 0. The van der Waals surface area contributed by atoms with Gasteiger partial charge in [-0.15, -0.1) is 12.4 Å². The maximum Gasteiger partial charge on any atom is 0.391 e. The molecule has 0 saturated heterocycles. The predicted octanol–water partition coefficient (Wildman–Crippen LogP) is 3.80. The quantitative estimate of drug-likeness (QED) is 0.779. The Balaban J connectivity index is 0.00000208. The van der Waals surface area contributed by atoms with Crippen molar-refractivity contribution in [2.45, 2.75) is 76.0 Å². The molecule has 140 valence electrons. The van der Waals surface area contributed by atoms with Crippen molar-refractivity contribution >= 4 is 18.3 Å². The fraction of sp³-hybridized carbons (Fsp3) is 0.941. The van der Waals surface area contributed by atoms with Crippen molar-refractivity contribution in [2.24, 2.45) is 29.4 Å². The summed E-state index contributed by atoms with van der Waals surface area (Å²) in [6.07, 6.45) is 2.18. The molecular weight excluding hydrogens is 341 g/mol. The molecule has 0 heterocycles. The summed E-state index contributed by atoms with van der Waals surface area (Å²) in [5.74, 6) is -0.254. The van der Waals surface area contributed by atoms with Gasteiger partial charge in [-0.1, -0.05) is 6.42 Å². The van der Waals surface area contributed by atoms with E-state index in [1.54, 1.807) is 0 Å². The van der Waals surface area contributed by atoms with Crippen LogP contribution in [0.1, 0.15) is 57.8 Å². The largest absolute Gasteiger partial charge is 0.391 e. The van der Waals surface area contributed by atoms with E-state index in [1.165, 1.54) is 6.42 Å². The number of halogens is 4. The molecule has 3 aliphatic carbocycles. The Morgan fingerprint density at radius 2 is 1.50 bits per heavy atom. The van der Waals surface area contributed by atoms with Gasteiger partial charge in [-0.05, 0) is 63.2 Å². The molecule has 0 aromatic heterocycles. The highest BCUT2D eigenvalue weighted by atomic mass is 35.5. The zero-order valence-electron chi connectivity index (χ0n) is 13.9. The molecule has 3 rings (SSSR count). The number of nitrogens with two attached hydrogens (primary N) is 1. The lowest BCUT2D eigenvalue weighted by Crippen LogP contribution is -2.50. The molecule has 1 amide bonds. The summed E-state index contributed by atoms with van der Waals surface area (Å²) in [5, 5.41) is 3.02. The van der Waals surface area contributed by atoms with Gasteiger partial charge in [0.05, 0.1) is 5.92 Å². The molecule has 0 aliphatic heterocycles. The van der Waals surface area contributed by atoms with Crippen molar-refractivity contribution in [1.29, 1.82) is 0 Å². The Morgan fingerprint density at radius 3 is 2.00 bits per heavy atom. The van der Waals surface area contributed by atoms with Crippen LogP contribution in [0.15, 0.2) is 0 Å². The second-order valence-electron chi connectivity index (χ2n) is 7.80. The Morgan fingerprint density at radius 1 is 0.958 bits per heavy atom. The van der Waals surface area contributed by atoms with E-state index in [9.17, 15) is 18.0 Å². The third kappa shape index (κ3) is 4.37. The molecule has 0 radical (unpaired) electrons. The highest BCUT2D eigenvalue weighted by Crippen LogP contribution is 2.42. The summed E-state index contributed by atoms with van der Waals surface area (Å²) in [7, 11) is 0. The second-order valence-corrected chi connectivity index (χ2v) is 7.80. The number of fused-ring (bicyclic) bond motifs is 2. The average Bonchev–Trinajstić information content (AvgIpc) is 2.46. The number of carbonyl (C=O) groups is 1. The van der Waals surface area contributed by atoms with Crippen LogP contribution in [0.25, 0.3) is 0 Å². The van der Waals surface area contributed by atoms with Crippen molar-refractivity contribution in [1.82, 2.24) is 5.32 Å². The number of nitrogens with one attached hydrogen (secondary N) is 1. The standard InChI is InChI=1S/C17H27F3N2O.ClH/c18-17(19,20)13-4-6-14(7-5-13)22-16(23)12-8-10-2-1-3-11(9-12)15(10)21;/h10-15H,1-9,21H2,(H,22,23);1H. The highest BCUT2D eigenvalue weighted by molar-refractivity contribution is 5.85. The zero-order valence-corrected chi connectivity index (χ0v) is 14.7. The van der Waals surface area contributed by atoms with Gasteiger partial charge in [0.15, 0.2) is 0 Å². The van der Waals surface area contributed by atoms with E-state index in [-0.39, 0.29) is 49.2 Å². The highest BCUT2D eigenvalue weighted by Gasteiger charge is 2.43. The minimum absolute atomic E-state index is 0. The summed E-state index contributed by atoms with van der Waals surface area (Å²) < 4.78 is 38.1. The van der Waals surface area contributed by atoms with Crippen LogP contribution in [-0.2, 0) is 4.79 Å². The normalized spacial score (nSPS) is 39.7. The Labute approximate surface area is 147 Å². The van der Waals surface area contributed by atoms with Gasteiger partial charge in [-0.3, -0.25) is 4.79 Å². The van der Waals surface area contributed by atoms with Crippen LogP contribution in [0.5, 0.6) is 0 Å². The monoisotopic (exact) mass is 368 g/mol. The number of hydrogen-bond acceptors (Lipinski definition) is 2. The summed E-state index contributed by atoms with van der Waals surface area (Å²) in [4.78, 5) is 12.5. The van der Waals surface area contributed by atoms with E-state index in [2.05, 4.69) is 5.32 Å². The summed E-state index contributed by atoms with van der Waals surface area (Å²) >= 11 is 0. The van der Waals surface area contributed by atoms with Crippen molar-refractivity contribution < 1.29 is 18.0 Å². The molecule has 3 N–H and O–H groups in total. The number of amides is 1. The smallest absolute Gasteiger partial charge is 0.353 e. The first-order valence-electron chi connectivity index (χ1n) is 8.97. The van der Waals surface area contributed by atoms with Crippen molar-refractivity contribution in [3.05, 3.63) is 0 Å². The Kier molecular flexibility index (Phi) is 6.46. The first-order chi connectivity index (χ1) is 10.8. The molecule has 2 unspecified atom stereocenters. The van der Waals surface area contributed by atoms with Crippen LogP contribution in [-0.4, -0.2) is 24.2 Å². The lowest BCUT2D eigenvalue weighted by atomic mass is 9.65. The van der Waals surface area contributed by atoms with Crippen molar-refractivity contribution in [2.75, 3.05) is 0 Å². The van der Waals surface area contributed by atoms with Gasteiger partial charge in [-0.25, -0.2) is 0 Å². The third-order valence-electron chi connectivity index (χ3n) is 6.32. The fourth-order valence-corrected chi connectivity index (χ4v) is 4.89. The van der Waals surface area contributed by atoms with E-state index in [0.29, 0.717) is 24.7 Å². The van der Waals surface area contributed by atoms with E-state index < -0.39 is 12.1 Å². The Bertz CT molecular complexity index is 424. The number of hydrogen-bond donors (Lipinski definition) is 2. The van der Waals surface area contributed by atoms with Gasteiger partial charge in [0.2, 0.25) is 5.91 Å². The van der Waals surface area contributed by atoms with Crippen LogP contribution >= 0.6 is 12.4 Å². The molecule has 2 atom stereocenters. The van der Waals surface area contributed by atoms with Crippen molar-refractivity contribution in [3.63, 3.8) is 0 Å². The van der Waals surface area contributed by atoms with Crippen LogP contribution in [0.4, 0.5) is 13.2 Å². The molecule has 3 saturated carbocycles. The molecule has 2 bridgehead atoms. The molecule has 24 heavy (non-hydrogen) atoms. The molecule has 3 aliphatic rings. The lowest BCUT2D eigenvalue weighted by Gasteiger charge is -2.44. The molecule has 0 spiro atoms. The molecule has 7 heteroatoms. The average molecular weight is 369 g/mol. The predicted molar refractivity (Wildman–Crippen MR) is 88.7 cm³/mol. The third-order valence-corrected chi connectivity index (χ3v) is 6.32. The minimum Gasteiger partial charge on any atom is -0.353 e. The molecule has 0 aromatic rings. The van der Waals surface area contributed by atoms with Gasteiger partial charge >= 0.3 is 6.18 Å². The summed E-state index contributed by atoms with van der Waals surface area (Å²) in [5.41, 5.74) is 6.25. The van der Waals surface area contributed by atoms with Gasteiger partial charge in [0, 0.05) is 18.0 Å². The van der Waals surface area contributed by atoms with Crippen LogP contribution in [0, 0.1) is 23.7 Å². The van der Waals surface area contributed by atoms with Crippen LogP contribution in [0.2, 0.25) is 0 Å². The summed E-state index contributed by atoms with van der Waals surface area (Å²) in [6, 6.07) is 0.145. The van der Waals surface area contributed by atoms with E-state index >= 15 is 0 Å². The molecule has 3 nitrogen and oxygen atoms in total. The molecule has 3 fully saturated rings. The van der Waals surface area contributed by atoms with Crippen LogP contribution < -0.4 is 11.1 Å². The number of alkyl halides is 3. The second kappa shape index (κ2) is 7.81. The van der Waals surface area contributed by atoms with E-state index in [0.717, 1.165) is 25.7 Å². The minimum atomic E-state index is -4.09. The maximum absolute atomic E-state index is 12.7. The van der Waals surface area contributed by atoms with E-state index in [4.69, 9.17) is 5.73 Å². The maximum atomic E-state index is 12.7. The first-order valence-corrected chi connectivity index (χ1v) is 8.97. The SMILES string of the molecule is Cl.NC1C2CCCC1CC(C(=O)NC1CCC(C(F)(F)F)CC1)C2.